The Balaban J connectivity index is 3.07. The predicted octanol–water partition coefficient (Wildman–Crippen LogP) is 0.260. The Hall–Kier alpha value is -0.645. The van der Waals surface area contributed by atoms with Crippen molar-refractivity contribution in [3.8, 4) is 0 Å². The summed E-state index contributed by atoms with van der Waals surface area (Å²) in [5, 5.41) is 18.0. The van der Waals surface area contributed by atoms with Crippen molar-refractivity contribution in [3.63, 3.8) is 0 Å². The predicted molar refractivity (Wildman–Crippen MR) is 58.4 cm³/mol. The topological polar surface area (TPSA) is 57.5 Å². The minimum absolute atomic E-state index is 0.0373. The van der Waals surface area contributed by atoms with E-state index in [2.05, 4.69) is 15.9 Å². The summed E-state index contributed by atoms with van der Waals surface area (Å²) in [7, 11) is -1.52. The summed E-state index contributed by atoms with van der Waals surface area (Å²) in [5.41, 5.74) is 1.15. The molecule has 0 heterocycles. The molecule has 0 fully saturated rings. The lowest BCUT2D eigenvalue weighted by molar-refractivity contribution is -0.116. The van der Waals surface area contributed by atoms with E-state index in [1.165, 1.54) is 6.92 Å². The summed E-state index contributed by atoms with van der Waals surface area (Å²) >= 11 is 3.24. The van der Waals surface area contributed by atoms with Gasteiger partial charge < -0.3 is 10.0 Å². The fourth-order valence-electron chi connectivity index (χ4n) is 1.20. The quantitative estimate of drug-likeness (QED) is 0.763. The van der Waals surface area contributed by atoms with E-state index in [1.54, 1.807) is 18.2 Å². The molecule has 5 heteroatoms. The standard InChI is InChI=1S/C9H10BBrO3/c1-6(12)5-7-3-2-4-8(9(7)11)10(13)14/h2-4,13-14H,5H2,1H3. The number of rotatable bonds is 3. The van der Waals surface area contributed by atoms with E-state index in [4.69, 9.17) is 10.0 Å². The minimum atomic E-state index is -1.52. The van der Waals surface area contributed by atoms with Crippen molar-refractivity contribution < 1.29 is 14.8 Å². The Kier molecular flexibility index (Phi) is 3.86. The lowest BCUT2D eigenvalue weighted by Gasteiger charge is -2.07. The second-order valence-corrected chi connectivity index (χ2v) is 3.87. The van der Waals surface area contributed by atoms with E-state index in [0.29, 0.717) is 16.4 Å². The first kappa shape index (κ1) is 11.4. The Labute approximate surface area is 91.0 Å². The molecule has 0 unspecified atom stereocenters. The second kappa shape index (κ2) is 4.73. The average Bonchev–Trinajstić information content (AvgIpc) is 2.07. The molecule has 0 amide bonds. The normalized spacial score (nSPS) is 10.0. The fourth-order valence-corrected chi connectivity index (χ4v) is 1.81. The van der Waals surface area contributed by atoms with E-state index in [1.807, 2.05) is 0 Å². The summed E-state index contributed by atoms with van der Waals surface area (Å²) in [6, 6.07) is 5.06. The van der Waals surface area contributed by atoms with Gasteiger partial charge in [0.05, 0.1) is 0 Å². The number of benzene rings is 1. The molecule has 1 rings (SSSR count). The molecule has 0 aliphatic carbocycles. The Morgan fingerprint density at radius 3 is 2.64 bits per heavy atom. The molecule has 74 valence electrons. The van der Waals surface area contributed by atoms with Crippen molar-refractivity contribution in [2.45, 2.75) is 13.3 Å². The van der Waals surface area contributed by atoms with Crippen molar-refractivity contribution in [1.82, 2.24) is 0 Å². The van der Waals surface area contributed by atoms with Crippen LogP contribution in [0.5, 0.6) is 0 Å². The molecule has 0 spiro atoms. The highest BCUT2D eigenvalue weighted by Crippen LogP contribution is 2.15. The van der Waals surface area contributed by atoms with Gasteiger partial charge in [-0.05, 0) is 17.9 Å². The highest BCUT2D eigenvalue weighted by atomic mass is 79.9. The number of hydrogen-bond acceptors (Lipinski definition) is 3. The molecule has 14 heavy (non-hydrogen) atoms. The van der Waals surface area contributed by atoms with Crippen molar-refractivity contribution in [1.29, 1.82) is 0 Å². The van der Waals surface area contributed by atoms with Gasteiger partial charge in [-0.3, -0.25) is 4.79 Å². The smallest absolute Gasteiger partial charge is 0.423 e. The van der Waals surface area contributed by atoms with Gasteiger partial charge in [-0.25, -0.2) is 0 Å². The molecule has 0 aliphatic rings. The van der Waals surface area contributed by atoms with Gasteiger partial charge in [-0.15, -0.1) is 0 Å². The fraction of sp³-hybridized carbons (Fsp3) is 0.222. The van der Waals surface area contributed by atoms with Gasteiger partial charge in [0, 0.05) is 10.9 Å². The zero-order valence-electron chi connectivity index (χ0n) is 7.70. The molecule has 1 aromatic carbocycles. The summed E-state index contributed by atoms with van der Waals surface area (Å²) in [4.78, 5) is 10.9. The molecule has 1 aromatic rings. The van der Waals surface area contributed by atoms with Gasteiger partial charge >= 0.3 is 7.12 Å². The van der Waals surface area contributed by atoms with Crippen LogP contribution in [0, 0.1) is 0 Å². The molecule has 0 saturated heterocycles. The van der Waals surface area contributed by atoms with E-state index in [-0.39, 0.29) is 5.78 Å². The second-order valence-electron chi connectivity index (χ2n) is 3.07. The molecular formula is C9H10BBrO3. The maximum atomic E-state index is 10.9. The first-order chi connectivity index (χ1) is 6.52. The van der Waals surface area contributed by atoms with Crippen LogP contribution < -0.4 is 5.46 Å². The van der Waals surface area contributed by atoms with Gasteiger partial charge in [0.2, 0.25) is 0 Å². The third-order valence-corrected chi connectivity index (χ3v) is 2.79. The molecule has 0 aromatic heterocycles. The van der Waals surface area contributed by atoms with Crippen molar-refractivity contribution in [2.75, 3.05) is 0 Å². The van der Waals surface area contributed by atoms with Crippen LogP contribution in [0.15, 0.2) is 22.7 Å². The largest absolute Gasteiger partial charge is 0.489 e. The monoisotopic (exact) mass is 256 g/mol. The summed E-state index contributed by atoms with van der Waals surface area (Å²) in [6.45, 7) is 1.49. The van der Waals surface area contributed by atoms with E-state index < -0.39 is 7.12 Å². The zero-order chi connectivity index (χ0) is 10.7. The third kappa shape index (κ3) is 2.67. The highest BCUT2D eigenvalue weighted by Gasteiger charge is 2.16. The summed E-state index contributed by atoms with van der Waals surface area (Å²) < 4.78 is 0.588. The van der Waals surface area contributed by atoms with Crippen LogP contribution in [-0.4, -0.2) is 22.9 Å². The number of Topliss-reactive ketones (excluding diaryl/α,β-unsaturated/α-hetero) is 1. The van der Waals surface area contributed by atoms with E-state index in [0.717, 1.165) is 5.56 Å². The first-order valence-corrected chi connectivity index (χ1v) is 4.94. The number of carbonyl (C=O) groups is 1. The molecule has 0 atom stereocenters. The van der Waals surface area contributed by atoms with E-state index in [9.17, 15) is 4.79 Å². The maximum Gasteiger partial charge on any atom is 0.489 e. The van der Waals surface area contributed by atoms with Crippen LogP contribution in [0.25, 0.3) is 0 Å². The molecule has 0 aliphatic heterocycles. The molecule has 3 nitrogen and oxygen atoms in total. The van der Waals surface area contributed by atoms with Crippen LogP contribution in [0.1, 0.15) is 12.5 Å². The molecule has 0 saturated carbocycles. The lowest BCUT2D eigenvalue weighted by Crippen LogP contribution is -2.31. The average molecular weight is 257 g/mol. The van der Waals surface area contributed by atoms with Gasteiger partial charge in [0.1, 0.15) is 5.78 Å². The van der Waals surface area contributed by atoms with Gasteiger partial charge in [0.25, 0.3) is 0 Å². The third-order valence-electron chi connectivity index (χ3n) is 1.83. The van der Waals surface area contributed by atoms with Crippen LogP contribution >= 0.6 is 15.9 Å². The van der Waals surface area contributed by atoms with E-state index >= 15 is 0 Å². The van der Waals surface area contributed by atoms with Crippen LogP contribution in [-0.2, 0) is 11.2 Å². The number of carbonyl (C=O) groups excluding carboxylic acids is 1. The Bertz CT molecular complexity index is 352. The number of ketones is 1. The molecule has 2 N–H and O–H groups in total. The number of halogens is 1. The molecule has 0 radical (unpaired) electrons. The van der Waals surface area contributed by atoms with Crippen LogP contribution in [0.4, 0.5) is 0 Å². The van der Waals surface area contributed by atoms with Crippen LogP contribution in [0.2, 0.25) is 0 Å². The lowest BCUT2D eigenvalue weighted by atomic mass is 9.79. The highest BCUT2D eigenvalue weighted by molar-refractivity contribution is 9.10. The SMILES string of the molecule is CC(=O)Cc1cccc(B(O)O)c1Br. The van der Waals surface area contributed by atoms with Crippen molar-refractivity contribution >= 4 is 34.3 Å². The van der Waals surface area contributed by atoms with Gasteiger partial charge in [-0.2, -0.15) is 0 Å². The summed E-state index contributed by atoms with van der Waals surface area (Å²) in [5.74, 6) is 0.0373. The zero-order valence-corrected chi connectivity index (χ0v) is 9.28. The van der Waals surface area contributed by atoms with Gasteiger partial charge in [-0.1, -0.05) is 34.1 Å². The maximum absolute atomic E-state index is 10.9. The van der Waals surface area contributed by atoms with Gasteiger partial charge in [0.15, 0.2) is 0 Å². The summed E-state index contributed by atoms with van der Waals surface area (Å²) in [6.07, 6.45) is 0.293. The number of hydrogen-bond donors (Lipinski definition) is 2. The van der Waals surface area contributed by atoms with Crippen LogP contribution in [0.3, 0.4) is 0 Å². The minimum Gasteiger partial charge on any atom is -0.423 e. The van der Waals surface area contributed by atoms with Crippen molar-refractivity contribution in [3.05, 3.63) is 28.2 Å². The molecule has 0 bridgehead atoms. The Morgan fingerprint density at radius 1 is 1.50 bits per heavy atom. The first-order valence-electron chi connectivity index (χ1n) is 4.15. The molecular weight excluding hydrogens is 247 g/mol. The Morgan fingerprint density at radius 2 is 2.14 bits per heavy atom. The van der Waals surface area contributed by atoms with Crippen molar-refractivity contribution in [2.24, 2.45) is 0 Å².